The summed E-state index contributed by atoms with van der Waals surface area (Å²) in [6.07, 6.45) is 9.35. The number of esters is 2. The minimum Gasteiger partial charge on any atom is -0.460 e. The van der Waals surface area contributed by atoms with Gasteiger partial charge in [0, 0.05) is 30.4 Å². The van der Waals surface area contributed by atoms with Gasteiger partial charge in [-0.1, -0.05) is 83.8 Å². The number of rotatable bonds is 34. The molecule has 0 saturated carbocycles. The fraction of sp³-hybridized carbons (Fsp3) is 0.872. The van der Waals surface area contributed by atoms with Gasteiger partial charge in [0.25, 0.3) is 5.91 Å². The molecule has 20 heteroatoms. The van der Waals surface area contributed by atoms with E-state index in [1.165, 1.54) is 57.8 Å². The number of ether oxygens (including phenoxy) is 5. The summed E-state index contributed by atoms with van der Waals surface area (Å²) in [4.78, 5) is 47.1. The number of fused-ring (bicyclic) bond motifs is 1. The van der Waals surface area contributed by atoms with Gasteiger partial charge < -0.3 is 75.4 Å². The quantitative estimate of drug-likeness (QED) is 0.0146. The molecule has 0 radical (unpaired) electrons. The Bertz CT molecular complexity index is 1400. The van der Waals surface area contributed by atoms with Crippen molar-refractivity contribution < 1.29 is 78.6 Å². The number of carbonyl (C=O) groups excluding carboxylic acids is 4. The van der Waals surface area contributed by atoms with Crippen molar-refractivity contribution in [2.24, 2.45) is 0 Å². The normalized spacial score (nSPS) is 25.7. The largest absolute Gasteiger partial charge is 0.460 e. The smallest absolute Gasteiger partial charge is 0.315 e. The number of nitrogens with one attached hydrogen (secondary N) is 3. The molecule has 0 aromatic rings. The molecule has 390 valence electrons. The second-order valence-electron chi connectivity index (χ2n) is 17.6. The summed E-state index contributed by atoms with van der Waals surface area (Å²) in [7, 11) is 0. The Kier molecular flexibility index (Phi) is 32.0. The first-order chi connectivity index (χ1) is 32.2. The minimum atomic E-state index is -1.99. The highest BCUT2D eigenvalue weighted by molar-refractivity contribution is 8.00. The number of thioether (sulfide) groups is 1. The summed E-state index contributed by atoms with van der Waals surface area (Å²) in [5.74, 6) is -0.466. The Labute approximate surface area is 401 Å². The third-order valence-corrected chi connectivity index (χ3v) is 13.4. The summed E-state index contributed by atoms with van der Waals surface area (Å²) < 4.78 is 26.5. The highest BCUT2D eigenvalue weighted by Gasteiger charge is 2.47. The Morgan fingerprint density at radius 3 is 2.10 bits per heavy atom. The van der Waals surface area contributed by atoms with Crippen LogP contribution in [0.4, 0.5) is 4.79 Å². The summed E-state index contributed by atoms with van der Waals surface area (Å²) in [6, 6.07) is 0.357. The van der Waals surface area contributed by atoms with Crippen LogP contribution in [0.1, 0.15) is 150 Å². The Morgan fingerprint density at radius 1 is 0.836 bits per heavy atom. The van der Waals surface area contributed by atoms with E-state index in [4.69, 9.17) is 28.8 Å². The van der Waals surface area contributed by atoms with Gasteiger partial charge in [0.05, 0.1) is 31.4 Å². The molecule has 3 amide bonds. The third kappa shape index (κ3) is 23.7. The standard InChI is InChI=1S/C32H56N2O6S.C15H29NO10/c1-3-4-5-6-7-8-9-10-11-12-13-14-15-16-17-22-30(36)40-26(2)23-38-25-39-29(35)21-19-18-20-28-31-27(24-41-28)33-32(37)34-31;1-3-7-8(19)9(20)12(23)15(25-7)26-13(6(18)5-17)10(21)11(22)14(24)16-4-2/h10-11,26-28,31H,3-9,12-25H2,1-2H3,(H2,33,34,37);6-13,15,17-23H,3-5H2,1-2H3,(H,16,24)/b11-10+;/t26?,27-,28-,31-;6?,7?,8-,9?,10?,11?,12-,13?,15-/m11/s1. The van der Waals surface area contributed by atoms with E-state index in [2.05, 4.69) is 35.0 Å². The fourth-order valence-corrected chi connectivity index (χ4v) is 9.49. The van der Waals surface area contributed by atoms with Crippen LogP contribution >= 0.6 is 11.8 Å². The van der Waals surface area contributed by atoms with Gasteiger partial charge in [-0.05, 0) is 65.2 Å². The maximum absolute atomic E-state index is 12.0. The molecule has 3 heterocycles. The maximum Gasteiger partial charge on any atom is 0.315 e. The molecule has 67 heavy (non-hydrogen) atoms. The zero-order valence-corrected chi connectivity index (χ0v) is 41.2. The SMILES string of the molecule is CCCCCCCC/C=C/CCCCCCCC(=O)OC(C)COCOC(=O)CCCC[C@H]1SC[C@H]2NC(=O)N[C@H]21.CCNC(=O)C(O)C(O)C(O[C@H]1OC(CC)[C@@H](O)C(O)[C@H]1O)C(O)CO. The molecule has 0 aromatic heterocycles. The van der Waals surface area contributed by atoms with Gasteiger partial charge in [-0.3, -0.25) is 14.4 Å². The maximum atomic E-state index is 12.0. The number of allylic oxidation sites excluding steroid dienone is 2. The van der Waals surface area contributed by atoms with Crippen molar-refractivity contribution in [3.63, 3.8) is 0 Å². The second-order valence-corrected chi connectivity index (χ2v) is 18.9. The van der Waals surface area contributed by atoms with Crippen LogP contribution in [0.2, 0.25) is 0 Å². The summed E-state index contributed by atoms with van der Waals surface area (Å²) in [6.45, 7) is 6.67. The predicted octanol–water partition coefficient (Wildman–Crippen LogP) is 3.00. The van der Waals surface area contributed by atoms with Crippen LogP contribution in [0.5, 0.6) is 0 Å². The van der Waals surface area contributed by atoms with Crippen LogP contribution in [-0.2, 0) is 38.1 Å². The predicted molar refractivity (Wildman–Crippen MR) is 252 cm³/mol. The van der Waals surface area contributed by atoms with Gasteiger partial charge in [0.15, 0.2) is 19.2 Å². The van der Waals surface area contributed by atoms with Crippen molar-refractivity contribution in [2.45, 2.75) is 228 Å². The molecule has 0 bridgehead atoms. The number of urea groups is 1. The van der Waals surface area contributed by atoms with E-state index in [0.29, 0.717) is 18.1 Å². The van der Waals surface area contributed by atoms with E-state index in [0.717, 1.165) is 50.7 Å². The van der Waals surface area contributed by atoms with E-state index < -0.39 is 67.6 Å². The van der Waals surface area contributed by atoms with Gasteiger partial charge in [-0.25, -0.2) is 4.79 Å². The van der Waals surface area contributed by atoms with Crippen molar-refractivity contribution >= 4 is 35.6 Å². The molecule has 0 spiro atoms. The molecule has 13 atom stereocenters. The molecule has 10 N–H and O–H groups in total. The van der Waals surface area contributed by atoms with E-state index >= 15 is 0 Å². The molecule has 3 aliphatic heterocycles. The number of hydrogen-bond acceptors (Lipinski definition) is 17. The van der Waals surface area contributed by atoms with Crippen LogP contribution in [0.25, 0.3) is 0 Å². The lowest BCUT2D eigenvalue weighted by Gasteiger charge is -2.42. The highest BCUT2D eigenvalue weighted by Crippen LogP contribution is 2.33. The number of aliphatic hydroxyl groups is 7. The van der Waals surface area contributed by atoms with Crippen LogP contribution in [-0.4, -0.2) is 170 Å². The molecule has 3 fully saturated rings. The topological polar surface area (TPSA) is 292 Å². The monoisotopic (exact) mass is 980 g/mol. The summed E-state index contributed by atoms with van der Waals surface area (Å²) in [5, 5.41) is 77.4. The molecule has 0 aliphatic carbocycles. The first kappa shape index (κ1) is 60.5. The lowest BCUT2D eigenvalue weighted by molar-refractivity contribution is -0.323. The van der Waals surface area contributed by atoms with Crippen molar-refractivity contribution in [3.8, 4) is 0 Å². The fourth-order valence-electron chi connectivity index (χ4n) is 7.95. The second kappa shape index (κ2) is 35.5. The molecule has 7 unspecified atom stereocenters. The summed E-state index contributed by atoms with van der Waals surface area (Å²) >= 11 is 1.88. The first-order valence-corrected chi connectivity index (χ1v) is 25.8. The van der Waals surface area contributed by atoms with Crippen LogP contribution in [0.3, 0.4) is 0 Å². The van der Waals surface area contributed by atoms with Crippen molar-refractivity contribution in [1.82, 2.24) is 16.0 Å². The van der Waals surface area contributed by atoms with Gasteiger partial charge in [-0.15, -0.1) is 0 Å². The zero-order valence-electron chi connectivity index (χ0n) is 40.3. The third-order valence-electron chi connectivity index (χ3n) is 11.9. The average Bonchev–Trinajstić information content (AvgIpc) is 3.87. The summed E-state index contributed by atoms with van der Waals surface area (Å²) in [5.41, 5.74) is 0. The Morgan fingerprint density at radius 2 is 1.46 bits per heavy atom. The zero-order chi connectivity index (χ0) is 49.6. The molecule has 3 saturated heterocycles. The molecular formula is C47H85N3O16S. The van der Waals surface area contributed by atoms with E-state index in [9.17, 15) is 49.8 Å². The lowest BCUT2D eigenvalue weighted by atomic mass is 9.97. The first-order valence-electron chi connectivity index (χ1n) is 24.7. The number of likely N-dealkylation sites (N-methyl/N-ethyl adjacent to an activating group) is 1. The van der Waals surface area contributed by atoms with E-state index in [1.807, 2.05) is 11.8 Å². The Balaban J connectivity index is 0.000000510. The lowest BCUT2D eigenvalue weighted by Crippen LogP contribution is -2.61. The molecule has 0 aromatic carbocycles. The van der Waals surface area contributed by atoms with E-state index in [-0.39, 0.29) is 62.5 Å². The van der Waals surface area contributed by atoms with Crippen LogP contribution in [0.15, 0.2) is 12.2 Å². The van der Waals surface area contributed by atoms with Gasteiger partial charge in [-0.2, -0.15) is 11.8 Å². The number of aliphatic hydroxyl groups excluding tert-OH is 7. The van der Waals surface area contributed by atoms with Crippen molar-refractivity contribution in [3.05, 3.63) is 12.2 Å². The van der Waals surface area contributed by atoms with Crippen LogP contribution in [0, 0.1) is 0 Å². The van der Waals surface area contributed by atoms with Crippen LogP contribution < -0.4 is 16.0 Å². The minimum absolute atomic E-state index is 0.0728. The number of amides is 3. The van der Waals surface area contributed by atoms with Gasteiger partial charge in [0.2, 0.25) is 0 Å². The number of unbranched alkanes of at least 4 members (excludes halogenated alkanes) is 12. The molecular weight excluding hydrogens is 895 g/mol. The number of carbonyl (C=O) groups is 4. The average molecular weight is 980 g/mol. The van der Waals surface area contributed by atoms with Crippen molar-refractivity contribution in [2.75, 3.05) is 32.3 Å². The molecule has 3 aliphatic rings. The van der Waals surface area contributed by atoms with Gasteiger partial charge in [0.1, 0.15) is 42.7 Å². The highest BCUT2D eigenvalue weighted by atomic mass is 32.2. The van der Waals surface area contributed by atoms with E-state index in [1.54, 1.807) is 20.8 Å². The molecule has 19 nitrogen and oxygen atoms in total. The number of hydrogen-bond donors (Lipinski definition) is 10. The Hall–Kier alpha value is -2.63. The van der Waals surface area contributed by atoms with Gasteiger partial charge >= 0.3 is 18.0 Å². The van der Waals surface area contributed by atoms with Crippen molar-refractivity contribution in [1.29, 1.82) is 0 Å². The molecule has 3 rings (SSSR count).